The summed E-state index contributed by atoms with van der Waals surface area (Å²) in [6.07, 6.45) is 9.68. The molecule has 122 valence electrons. The van der Waals surface area contributed by atoms with Crippen LogP contribution in [-0.4, -0.2) is 11.1 Å². The summed E-state index contributed by atoms with van der Waals surface area (Å²) in [5.74, 6) is -0.728. The van der Waals surface area contributed by atoms with Crippen LogP contribution in [0.4, 0.5) is 0 Å². The van der Waals surface area contributed by atoms with Crippen LogP contribution in [0.5, 0.6) is 0 Å². The first-order valence-electron chi connectivity index (χ1n) is 6.00. The van der Waals surface area contributed by atoms with Gasteiger partial charge in [0.05, 0.1) is 0 Å². The topological polar surface area (TPSA) is 97.0 Å². The summed E-state index contributed by atoms with van der Waals surface area (Å²) in [5, 5.41) is 8.43. The second-order valence-electron chi connectivity index (χ2n) is 3.48. The summed E-state index contributed by atoms with van der Waals surface area (Å²) >= 11 is 0. The van der Waals surface area contributed by atoms with Crippen LogP contribution in [-0.2, 0) is 35.8 Å². The molecule has 0 fully saturated rings. The number of aliphatic carboxylic acids is 1. The van der Waals surface area contributed by atoms with Crippen LogP contribution in [0.2, 0.25) is 0 Å². The van der Waals surface area contributed by atoms with Crippen LogP contribution in [0.25, 0.3) is 0 Å². The molecule has 1 N–H and O–H groups in total. The molecule has 0 aliphatic heterocycles. The van der Waals surface area contributed by atoms with Crippen molar-refractivity contribution in [2.75, 3.05) is 0 Å². The average Bonchev–Trinajstić information content (AvgIpc) is 2.60. The van der Waals surface area contributed by atoms with E-state index >= 15 is 0 Å². The maximum absolute atomic E-state index is 10.2. The van der Waals surface area contributed by atoms with E-state index in [1.54, 1.807) is 0 Å². The van der Waals surface area contributed by atoms with E-state index in [9.17, 15) is 4.79 Å². The van der Waals surface area contributed by atoms with E-state index < -0.39 is 5.97 Å². The predicted molar refractivity (Wildman–Crippen MR) is 76.0 cm³/mol. The minimum atomic E-state index is -0.728. The minimum Gasteiger partial charge on any atom is 0 e. The fourth-order valence-corrected chi connectivity index (χ4v) is 1.28. The summed E-state index contributed by atoms with van der Waals surface area (Å²) in [6, 6.07) is 10.1. The molecule has 0 spiro atoms. The van der Waals surface area contributed by atoms with E-state index in [-0.39, 0.29) is 23.5 Å². The van der Waals surface area contributed by atoms with Gasteiger partial charge in [-0.25, -0.2) is 0 Å². The van der Waals surface area contributed by atoms with E-state index in [0.29, 0.717) is 6.42 Å². The number of hydrogen-bond acceptors (Lipinski definition) is 1. The normalized spacial score (nSPS) is 7.39. The first kappa shape index (κ1) is 29.4. The third-order valence-corrected chi connectivity index (χ3v) is 2.10. The Bertz CT molecular complexity index is 398. The number of rotatable bonds is 8. The van der Waals surface area contributed by atoms with Gasteiger partial charge in [-0.05, 0) is 44.1 Å². The van der Waals surface area contributed by atoms with E-state index in [0.717, 1.165) is 12.0 Å². The molecule has 0 saturated carbocycles. The van der Waals surface area contributed by atoms with Crippen molar-refractivity contribution >= 4 is 5.97 Å². The van der Waals surface area contributed by atoms with Crippen molar-refractivity contribution < 1.29 is 40.9 Å². The number of carboxylic acids is 1. The van der Waals surface area contributed by atoms with Crippen molar-refractivity contribution in [3.05, 3.63) is 81.5 Å². The van der Waals surface area contributed by atoms with Gasteiger partial charge in [-0.2, -0.15) is 0 Å². The van der Waals surface area contributed by atoms with Crippen LogP contribution < -0.4 is 0 Å². The van der Waals surface area contributed by atoms with Gasteiger partial charge in [0.1, 0.15) is 0 Å². The monoisotopic (exact) mass is 356 g/mol. The number of hydrogen-bond donors (Lipinski definition) is 1. The SMILES string of the molecule is O=C(O)CCC[CH][CH][CH][CH]c1ccccc1.[C-]#[O+].[C-]#[O+].[C-]#[O+].[Fe]. The summed E-state index contributed by atoms with van der Waals surface area (Å²) in [7, 11) is 0. The molecule has 0 saturated heterocycles. The molecule has 1 aromatic carbocycles. The number of carbonyl (C=O) groups is 1. The molecule has 1 aromatic rings. The standard InChI is InChI=1S/C14H16O2.3CO.Fe/c15-14(16)12-8-3-1-2-5-9-13-10-6-4-7-11-13;3*1-2;/h1-2,4-7,9-11H,3,8,12H2,(H,15,16);;;;. The van der Waals surface area contributed by atoms with Gasteiger partial charge < -0.3 is 5.11 Å². The van der Waals surface area contributed by atoms with Crippen molar-refractivity contribution in [1.82, 2.24) is 0 Å². The van der Waals surface area contributed by atoms with Crippen molar-refractivity contribution in [3.63, 3.8) is 0 Å². The van der Waals surface area contributed by atoms with E-state index in [1.165, 1.54) is 0 Å². The quantitative estimate of drug-likeness (QED) is 0.335. The Morgan fingerprint density at radius 3 is 2.00 bits per heavy atom. The van der Waals surface area contributed by atoms with E-state index in [1.807, 2.05) is 56.0 Å². The molecular formula is C17H16FeO5. The number of carboxylic acid groups (broad SMARTS) is 1. The van der Waals surface area contributed by atoms with Crippen molar-refractivity contribution in [2.45, 2.75) is 19.3 Å². The third kappa shape index (κ3) is 25.7. The maximum Gasteiger partial charge on any atom is 0 e. The molecule has 0 aromatic heterocycles. The molecule has 0 atom stereocenters. The first-order valence-corrected chi connectivity index (χ1v) is 6.00. The van der Waals surface area contributed by atoms with Crippen LogP contribution >= 0.6 is 0 Å². The summed E-state index contributed by atoms with van der Waals surface area (Å²) in [4.78, 5) is 10.2. The van der Waals surface area contributed by atoms with Crippen LogP contribution in [0.15, 0.2) is 30.3 Å². The Morgan fingerprint density at radius 1 is 1.00 bits per heavy atom. The fraction of sp³-hybridized carbons (Fsp3) is 0.176. The van der Waals surface area contributed by atoms with Crippen molar-refractivity contribution in [3.8, 4) is 0 Å². The second-order valence-corrected chi connectivity index (χ2v) is 3.48. The fourth-order valence-electron chi connectivity index (χ4n) is 1.28. The average molecular weight is 356 g/mol. The van der Waals surface area contributed by atoms with Gasteiger partial charge in [0.25, 0.3) is 0 Å². The molecule has 6 heteroatoms. The Hall–Kier alpha value is -1.57. The summed E-state index contributed by atoms with van der Waals surface area (Å²) in [6.45, 7) is 13.5. The molecule has 23 heavy (non-hydrogen) atoms. The summed E-state index contributed by atoms with van der Waals surface area (Å²) in [5.41, 5.74) is 1.16. The molecule has 0 bridgehead atoms. The van der Waals surface area contributed by atoms with E-state index in [2.05, 4.69) is 20.0 Å². The summed E-state index contributed by atoms with van der Waals surface area (Å²) < 4.78 is 22.5. The Kier molecular flexibility index (Phi) is 36.6. The predicted octanol–water partition coefficient (Wildman–Crippen LogP) is 2.99. The van der Waals surface area contributed by atoms with Gasteiger partial charge in [0.2, 0.25) is 0 Å². The molecule has 0 unspecified atom stereocenters. The number of unbranched alkanes of at least 4 members (excludes halogenated alkanes) is 4. The van der Waals surface area contributed by atoms with Gasteiger partial charge in [0.15, 0.2) is 0 Å². The molecule has 1 rings (SSSR count). The van der Waals surface area contributed by atoms with Crippen molar-refractivity contribution in [1.29, 1.82) is 0 Å². The molecule has 0 aliphatic carbocycles. The zero-order valence-corrected chi connectivity index (χ0v) is 13.4. The molecule has 0 heterocycles. The molecule has 0 amide bonds. The van der Waals surface area contributed by atoms with Gasteiger partial charge in [-0.3, -0.25) is 4.79 Å². The Morgan fingerprint density at radius 2 is 1.52 bits per heavy atom. The van der Waals surface area contributed by atoms with Gasteiger partial charge in [0, 0.05) is 23.5 Å². The van der Waals surface area contributed by atoms with Gasteiger partial charge in [-0.15, -0.1) is 0 Å². The van der Waals surface area contributed by atoms with Gasteiger partial charge >= 0.3 is 39.9 Å². The maximum atomic E-state index is 10.2. The zero-order chi connectivity index (χ0) is 17.6. The molecule has 5 nitrogen and oxygen atoms in total. The zero-order valence-electron chi connectivity index (χ0n) is 12.3. The van der Waals surface area contributed by atoms with E-state index in [4.69, 9.17) is 19.1 Å². The van der Waals surface area contributed by atoms with Crippen LogP contribution in [0.1, 0.15) is 24.8 Å². The molecule has 4 radical (unpaired) electrons. The second kappa shape index (κ2) is 28.6. The van der Waals surface area contributed by atoms with Crippen molar-refractivity contribution in [2.24, 2.45) is 0 Å². The number of benzene rings is 1. The smallest absolute Gasteiger partial charge is 0 e. The largest absolute Gasteiger partial charge is 0 e. The third-order valence-electron chi connectivity index (χ3n) is 2.10. The van der Waals surface area contributed by atoms with Gasteiger partial charge in [-0.1, -0.05) is 30.3 Å². The Balaban J connectivity index is -0.000000231. The van der Waals surface area contributed by atoms with Crippen LogP contribution in [0.3, 0.4) is 0 Å². The minimum absolute atomic E-state index is 0. The Labute approximate surface area is 148 Å². The van der Waals surface area contributed by atoms with Crippen LogP contribution in [0, 0.1) is 45.6 Å². The molecular weight excluding hydrogens is 340 g/mol. The molecule has 0 aliphatic rings. The first-order chi connectivity index (χ1) is 10.8.